The molecule has 0 saturated carbocycles. The van der Waals surface area contributed by atoms with Crippen molar-refractivity contribution in [3.05, 3.63) is 35.4 Å². The lowest BCUT2D eigenvalue weighted by Gasteiger charge is -2.16. The molecule has 0 heterocycles. The van der Waals surface area contributed by atoms with Gasteiger partial charge in [0.25, 0.3) is 0 Å². The molecule has 0 aliphatic heterocycles. The number of aromatic carboxylic acids is 1. The predicted octanol–water partition coefficient (Wildman–Crippen LogP) is 1.79. The van der Waals surface area contributed by atoms with Gasteiger partial charge in [0.2, 0.25) is 0 Å². The Balaban J connectivity index is 2.87. The van der Waals surface area contributed by atoms with Crippen molar-refractivity contribution in [1.29, 1.82) is 0 Å². The topological polar surface area (TPSA) is 66.4 Å². The molecule has 98 valence electrons. The lowest BCUT2D eigenvalue weighted by Crippen LogP contribution is -2.26. The van der Waals surface area contributed by atoms with Crippen molar-refractivity contribution < 1.29 is 19.4 Å². The van der Waals surface area contributed by atoms with E-state index in [1.54, 1.807) is 12.1 Å². The van der Waals surface area contributed by atoms with E-state index in [0.717, 1.165) is 12.8 Å². The highest BCUT2D eigenvalue weighted by Gasteiger charge is 2.16. The number of carbonyl (C=O) groups is 2. The van der Waals surface area contributed by atoms with Crippen molar-refractivity contribution in [2.24, 2.45) is 0 Å². The molecule has 1 rings (SSSR count). The van der Waals surface area contributed by atoms with Crippen LogP contribution in [0.3, 0.4) is 0 Å². The molecule has 4 heteroatoms. The molecule has 1 aromatic rings. The molecule has 0 radical (unpaired) electrons. The third-order valence-electron chi connectivity index (χ3n) is 2.71. The van der Waals surface area contributed by atoms with Gasteiger partial charge in [-0.2, -0.15) is 0 Å². The largest absolute Gasteiger partial charge is 0.545 e. The van der Waals surface area contributed by atoms with Gasteiger partial charge in [-0.15, -0.1) is 0 Å². The Bertz CT molecular complexity index is 426. The first-order chi connectivity index (χ1) is 8.60. The second-order valence-corrected chi connectivity index (χ2v) is 4.06. The monoisotopic (exact) mass is 249 g/mol. The summed E-state index contributed by atoms with van der Waals surface area (Å²) in [5, 5.41) is 10.9. The summed E-state index contributed by atoms with van der Waals surface area (Å²) in [4.78, 5) is 22.8. The Morgan fingerprint density at radius 1 is 1.22 bits per heavy atom. The van der Waals surface area contributed by atoms with Crippen LogP contribution < -0.4 is 5.11 Å². The molecule has 0 aromatic heterocycles. The van der Waals surface area contributed by atoms with Crippen molar-refractivity contribution >= 4 is 11.9 Å². The van der Waals surface area contributed by atoms with Gasteiger partial charge in [0.1, 0.15) is 6.10 Å². The number of ether oxygens (including phenoxy) is 1. The first-order valence-electron chi connectivity index (χ1n) is 6.11. The number of carbonyl (C=O) groups excluding carboxylic acids is 2. The number of hydrogen-bond acceptors (Lipinski definition) is 4. The number of rotatable bonds is 6. The lowest BCUT2D eigenvalue weighted by molar-refractivity contribution is -0.255. The molecule has 4 nitrogen and oxygen atoms in total. The molecule has 0 aliphatic rings. The third-order valence-corrected chi connectivity index (χ3v) is 2.71. The van der Waals surface area contributed by atoms with E-state index in [9.17, 15) is 14.7 Å². The molecular weight excluding hydrogens is 232 g/mol. The van der Waals surface area contributed by atoms with Crippen LogP contribution in [0.1, 0.15) is 53.8 Å². The molecule has 0 saturated heterocycles. The van der Waals surface area contributed by atoms with Gasteiger partial charge >= 0.3 is 5.97 Å². The minimum absolute atomic E-state index is 0.0482. The van der Waals surface area contributed by atoms with Crippen LogP contribution in [0.25, 0.3) is 0 Å². The summed E-state index contributed by atoms with van der Waals surface area (Å²) in [5.74, 6) is -1.97. The normalized spacial score (nSPS) is 11.9. The van der Waals surface area contributed by atoms with Gasteiger partial charge in [0, 0.05) is 5.56 Å². The van der Waals surface area contributed by atoms with Gasteiger partial charge in [0.15, 0.2) is 0 Å². The average molecular weight is 249 g/mol. The zero-order valence-electron chi connectivity index (χ0n) is 10.6. The fraction of sp³-hybridized carbons (Fsp3) is 0.429. The maximum absolute atomic E-state index is 11.9. The highest BCUT2D eigenvalue weighted by Crippen LogP contribution is 2.14. The van der Waals surface area contributed by atoms with E-state index in [-0.39, 0.29) is 17.2 Å². The van der Waals surface area contributed by atoms with E-state index in [1.165, 1.54) is 12.1 Å². The maximum Gasteiger partial charge on any atom is 0.339 e. The van der Waals surface area contributed by atoms with Gasteiger partial charge in [-0.25, -0.2) is 4.79 Å². The van der Waals surface area contributed by atoms with Gasteiger partial charge in [-0.3, -0.25) is 0 Å². The van der Waals surface area contributed by atoms with E-state index in [0.29, 0.717) is 6.42 Å². The van der Waals surface area contributed by atoms with Crippen LogP contribution >= 0.6 is 0 Å². The SMILES string of the molecule is CCCC(CC)OC(=O)c1ccccc1C(=O)[O-]. The second kappa shape index (κ2) is 6.79. The van der Waals surface area contributed by atoms with Crippen LogP contribution in [0.15, 0.2) is 24.3 Å². The summed E-state index contributed by atoms with van der Waals surface area (Å²) in [6.45, 7) is 3.93. The summed E-state index contributed by atoms with van der Waals surface area (Å²) in [7, 11) is 0. The van der Waals surface area contributed by atoms with Gasteiger partial charge < -0.3 is 14.6 Å². The molecule has 0 amide bonds. The molecule has 0 aliphatic carbocycles. The average Bonchev–Trinajstić information content (AvgIpc) is 2.38. The van der Waals surface area contributed by atoms with Gasteiger partial charge in [-0.05, 0) is 18.9 Å². The number of hydrogen-bond donors (Lipinski definition) is 0. The molecule has 1 aromatic carbocycles. The van der Waals surface area contributed by atoms with E-state index in [2.05, 4.69) is 0 Å². The third kappa shape index (κ3) is 3.58. The van der Waals surface area contributed by atoms with Crippen LogP contribution in [0.5, 0.6) is 0 Å². The van der Waals surface area contributed by atoms with E-state index < -0.39 is 11.9 Å². The van der Waals surface area contributed by atoms with Crippen LogP contribution in [0.4, 0.5) is 0 Å². The fourth-order valence-corrected chi connectivity index (χ4v) is 1.72. The van der Waals surface area contributed by atoms with E-state index >= 15 is 0 Å². The Morgan fingerprint density at radius 3 is 2.33 bits per heavy atom. The summed E-state index contributed by atoms with van der Waals surface area (Å²) in [6, 6.07) is 5.92. The quantitative estimate of drug-likeness (QED) is 0.721. The van der Waals surface area contributed by atoms with Crippen molar-refractivity contribution in [2.75, 3.05) is 0 Å². The summed E-state index contributed by atoms with van der Waals surface area (Å²) in [5.41, 5.74) is -0.0825. The van der Waals surface area contributed by atoms with Crippen LogP contribution in [-0.4, -0.2) is 18.0 Å². The summed E-state index contributed by atoms with van der Waals surface area (Å²) < 4.78 is 5.29. The number of carboxylic acid groups (broad SMARTS) is 1. The predicted molar refractivity (Wildman–Crippen MR) is 65.2 cm³/mol. The molecule has 1 unspecified atom stereocenters. The first-order valence-corrected chi connectivity index (χ1v) is 6.11. The smallest absolute Gasteiger partial charge is 0.339 e. The molecule has 0 N–H and O–H groups in total. The Hall–Kier alpha value is -1.84. The molecule has 0 spiro atoms. The highest BCUT2D eigenvalue weighted by molar-refractivity contribution is 6.01. The number of esters is 1. The molecule has 0 bridgehead atoms. The van der Waals surface area contributed by atoms with Crippen molar-refractivity contribution in [3.8, 4) is 0 Å². The number of benzene rings is 1. The minimum Gasteiger partial charge on any atom is -0.545 e. The van der Waals surface area contributed by atoms with Crippen molar-refractivity contribution in [2.45, 2.75) is 39.2 Å². The zero-order chi connectivity index (χ0) is 13.5. The van der Waals surface area contributed by atoms with Crippen LogP contribution in [-0.2, 0) is 4.74 Å². The van der Waals surface area contributed by atoms with Crippen molar-refractivity contribution in [1.82, 2.24) is 0 Å². The lowest BCUT2D eigenvalue weighted by atomic mass is 10.1. The maximum atomic E-state index is 11.9. The summed E-state index contributed by atoms with van der Waals surface area (Å²) in [6.07, 6.45) is 2.23. The molecule has 18 heavy (non-hydrogen) atoms. The zero-order valence-corrected chi connectivity index (χ0v) is 10.6. The Kier molecular flexibility index (Phi) is 5.36. The van der Waals surface area contributed by atoms with Crippen LogP contribution in [0.2, 0.25) is 0 Å². The highest BCUT2D eigenvalue weighted by atomic mass is 16.5. The van der Waals surface area contributed by atoms with Crippen molar-refractivity contribution in [3.63, 3.8) is 0 Å². The summed E-state index contributed by atoms with van der Waals surface area (Å²) >= 11 is 0. The Morgan fingerprint density at radius 2 is 1.83 bits per heavy atom. The number of carboxylic acids is 1. The van der Waals surface area contributed by atoms with Gasteiger partial charge in [-0.1, -0.05) is 38.5 Å². The standard InChI is InChI=1S/C14H18O4/c1-3-7-10(4-2)18-14(17)12-9-6-5-8-11(12)13(15)16/h5-6,8-10H,3-4,7H2,1-2H3,(H,15,16)/p-1. The Labute approximate surface area is 107 Å². The minimum atomic E-state index is -1.37. The second-order valence-electron chi connectivity index (χ2n) is 4.06. The molecule has 1 atom stereocenters. The van der Waals surface area contributed by atoms with Gasteiger partial charge in [0.05, 0.1) is 11.5 Å². The van der Waals surface area contributed by atoms with E-state index in [1.807, 2.05) is 13.8 Å². The molecular formula is C14H17O4-. The van der Waals surface area contributed by atoms with Crippen LogP contribution in [0, 0.1) is 0 Å². The first kappa shape index (κ1) is 14.2. The van der Waals surface area contributed by atoms with E-state index in [4.69, 9.17) is 4.74 Å². The molecule has 0 fully saturated rings. The fourth-order valence-electron chi connectivity index (χ4n) is 1.72.